The molecule has 4 amide bonds. The Labute approximate surface area is 208 Å². The Morgan fingerprint density at radius 2 is 1.86 bits per heavy atom. The van der Waals surface area contributed by atoms with Crippen LogP contribution in [-0.2, 0) is 12.0 Å². The third-order valence-electron chi connectivity index (χ3n) is 6.11. The fourth-order valence-corrected chi connectivity index (χ4v) is 4.21. The Balaban J connectivity index is 1.59. The van der Waals surface area contributed by atoms with E-state index in [9.17, 15) is 14.0 Å². The largest absolute Gasteiger partial charge is 0.373 e. The molecular formula is C25H30FN7O3. The van der Waals surface area contributed by atoms with Crippen LogP contribution in [0.5, 0.6) is 0 Å². The van der Waals surface area contributed by atoms with E-state index in [4.69, 9.17) is 4.52 Å². The van der Waals surface area contributed by atoms with Crippen LogP contribution in [0.15, 0.2) is 28.9 Å². The third-order valence-corrected chi connectivity index (χ3v) is 6.11. The summed E-state index contributed by atoms with van der Waals surface area (Å²) >= 11 is 0. The van der Waals surface area contributed by atoms with Gasteiger partial charge in [0, 0.05) is 42.9 Å². The molecule has 1 aliphatic heterocycles. The number of nitrogens with zero attached hydrogens (tertiary/aromatic N) is 4. The molecule has 0 saturated carbocycles. The van der Waals surface area contributed by atoms with Gasteiger partial charge in [-0.15, -0.1) is 0 Å². The Hall–Kier alpha value is -4.15. The zero-order valence-electron chi connectivity index (χ0n) is 21.4. The van der Waals surface area contributed by atoms with Gasteiger partial charge in [-0.25, -0.2) is 19.0 Å². The quantitative estimate of drug-likeness (QED) is 0.447. The average Bonchev–Trinajstić information content (AvgIpc) is 3.18. The first kappa shape index (κ1) is 25.0. The first-order chi connectivity index (χ1) is 16.9. The van der Waals surface area contributed by atoms with Crippen molar-refractivity contribution in [2.75, 3.05) is 39.8 Å². The number of fused-ring (bicyclic) bond motifs is 1. The lowest BCUT2D eigenvalue weighted by Crippen LogP contribution is -2.45. The first-order valence-electron chi connectivity index (χ1n) is 11.5. The number of halogens is 1. The summed E-state index contributed by atoms with van der Waals surface area (Å²) in [6.07, 6.45) is 1.70. The van der Waals surface area contributed by atoms with Crippen molar-refractivity contribution in [1.29, 1.82) is 0 Å². The van der Waals surface area contributed by atoms with Crippen molar-refractivity contribution in [3.05, 3.63) is 52.6 Å². The molecule has 10 nitrogen and oxygen atoms in total. The monoisotopic (exact) mass is 495 g/mol. The predicted octanol–water partition coefficient (Wildman–Crippen LogP) is 5.39. The van der Waals surface area contributed by atoms with Crippen molar-refractivity contribution in [1.82, 2.24) is 10.1 Å². The summed E-state index contributed by atoms with van der Waals surface area (Å²) in [5.41, 5.74) is 3.66. The summed E-state index contributed by atoms with van der Waals surface area (Å²) in [4.78, 5) is 33.3. The summed E-state index contributed by atoms with van der Waals surface area (Å²) in [5, 5.41) is 12.1. The number of benzene rings is 1. The molecule has 0 radical (unpaired) electrons. The van der Waals surface area contributed by atoms with E-state index >= 15 is 0 Å². The van der Waals surface area contributed by atoms with Crippen LogP contribution >= 0.6 is 0 Å². The van der Waals surface area contributed by atoms with Gasteiger partial charge < -0.3 is 15.2 Å². The standard InChI is InChI=1S/C25H30FN7O3/c1-13-8-16(26)17(29-23(34)30-22-14(2)21(31-36-22)25(3,4)5)9-18(13)33-12-15-11-28-20(27-6)10-19(15)32(7)24(33)35/h8-11H,12H2,1-7H3,(H,27,28)(H2,29,30,34). The molecule has 3 aromatic rings. The van der Waals surface area contributed by atoms with Crippen molar-refractivity contribution in [3.8, 4) is 0 Å². The van der Waals surface area contributed by atoms with Gasteiger partial charge in [0.2, 0.25) is 5.88 Å². The lowest BCUT2D eigenvalue weighted by Gasteiger charge is -2.35. The maximum absolute atomic E-state index is 14.8. The number of carbonyl (C=O) groups is 2. The normalized spacial score (nSPS) is 13.5. The molecule has 11 heteroatoms. The molecule has 0 fully saturated rings. The van der Waals surface area contributed by atoms with Crippen molar-refractivity contribution >= 4 is 40.8 Å². The lowest BCUT2D eigenvalue weighted by atomic mass is 9.90. The second-order valence-electron chi connectivity index (χ2n) is 9.81. The number of hydrogen-bond donors (Lipinski definition) is 3. The summed E-state index contributed by atoms with van der Waals surface area (Å²) < 4.78 is 20.1. The van der Waals surface area contributed by atoms with Gasteiger partial charge in [0.15, 0.2) is 0 Å². The number of anilines is 5. The van der Waals surface area contributed by atoms with Crippen LogP contribution in [0.25, 0.3) is 0 Å². The molecule has 3 N–H and O–H groups in total. The van der Waals surface area contributed by atoms with Gasteiger partial charge in [-0.3, -0.25) is 15.1 Å². The number of urea groups is 2. The number of aromatic nitrogens is 2. The molecule has 1 aliphatic rings. The minimum atomic E-state index is -0.695. The fourth-order valence-electron chi connectivity index (χ4n) is 4.21. The maximum Gasteiger partial charge on any atom is 0.329 e. The zero-order chi connectivity index (χ0) is 26.4. The number of carbonyl (C=O) groups excluding carboxylic acids is 2. The molecule has 2 aromatic heterocycles. The van der Waals surface area contributed by atoms with Crippen molar-refractivity contribution < 1.29 is 18.5 Å². The number of pyridine rings is 1. The van der Waals surface area contributed by atoms with Crippen molar-refractivity contribution in [2.45, 2.75) is 46.6 Å². The van der Waals surface area contributed by atoms with Crippen LogP contribution in [-0.4, -0.2) is 36.3 Å². The fraction of sp³-hybridized carbons (Fsp3) is 0.360. The molecule has 0 unspecified atom stereocenters. The molecule has 0 spiro atoms. The van der Waals surface area contributed by atoms with Crippen LogP contribution in [0.3, 0.4) is 0 Å². The van der Waals surface area contributed by atoms with Crippen LogP contribution in [0.2, 0.25) is 0 Å². The van der Waals surface area contributed by atoms with Gasteiger partial charge in [0.05, 0.1) is 29.3 Å². The SMILES string of the molecule is CNc1cc2c(cn1)CN(c1cc(NC(=O)Nc3onc(C(C)(C)C)c3C)c(F)cc1C)C(=O)N2C. The zero-order valence-corrected chi connectivity index (χ0v) is 21.4. The van der Waals surface area contributed by atoms with Crippen molar-refractivity contribution in [2.24, 2.45) is 0 Å². The molecule has 0 saturated heterocycles. The number of hydrogen-bond acceptors (Lipinski definition) is 6. The lowest BCUT2D eigenvalue weighted by molar-refractivity contribution is 0.251. The molecule has 190 valence electrons. The van der Waals surface area contributed by atoms with E-state index in [0.717, 1.165) is 11.3 Å². The second kappa shape index (κ2) is 9.14. The van der Waals surface area contributed by atoms with Crippen LogP contribution in [0, 0.1) is 19.7 Å². The number of nitrogens with one attached hydrogen (secondary N) is 3. The summed E-state index contributed by atoms with van der Waals surface area (Å²) in [5.74, 6) is 0.201. The number of aryl methyl sites for hydroxylation is 1. The Morgan fingerprint density at radius 1 is 1.14 bits per heavy atom. The minimum absolute atomic E-state index is 0.0776. The highest BCUT2D eigenvalue weighted by atomic mass is 19.1. The molecule has 4 rings (SSSR count). The van der Waals surface area contributed by atoms with E-state index < -0.39 is 11.8 Å². The highest BCUT2D eigenvalue weighted by Crippen LogP contribution is 2.35. The van der Waals surface area contributed by atoms with E-state index in [-0.39, 0.29) is 29.6 Å². The van der Waals surface area contributed by atoms with E-state index in [0.29, 0.717) is 28.3 Å². The number of rotatable bonds is 4. The van der Waals surface area contributed by atoms with Gasteiger partial charge in [-0.2, -0.15) is 0 Å². The summed E-state index contributed by atoms with van der Waals surface area (Å²) in [7, 11) is 3.43. The van der Waals surface area contributed by atoms with E-state index in [1.165, 1.54) is 21.9 Å². The third kappa shape index (κ3) is 4.56. The summed E-state index contributed by atoms with van der Waals surface area (Å²) in [6.45, 7) is 9.70. The molecule has 0 atom stereocenters. The van der Waals surface area contributed by atoms with Gasteiger partial charge in [-0.1, -0.05) is 25.9 Å². The van der Waals surface area contributed by atoms with Crippen molar-refractivity contribution in [3.63, 3.8) is 0 Å². The van der Waals surface area contributed by atoms with Crippen LogP contribution in [0.1, 0.15) is 43.2 Å². The van der Waals surface area contributed by atoms with Crippen LogP contribution < -0.4 is 25.8 Å². The number of amides is 4. The topological polar surface area (TPSA) is 116 Å². The minimum Gasteiger partial charge on any atom is -0.373 e. The summed E-state index contributed by atoms with van der Waals surface area (Å²) in [6, 6.07) is 3.56. The average molecular weight is 496 g/mol. The Morgan fingerprint density at radius 3 is 2.50 bits per heavy atom. The predicted molar refractivity (Wildman–Crippen MR) is 137 cm³/mol. The van der Waals surface area contributed by atoms with E-state index in [2.05, 4.69) is 26.1 Å². The second-order valence-corrected chi connectivity index (χ2v) is 9.81. The molecule has 1 aromatic carbocycles. The van der Waals surface area contributed by atoms with Gasteiger partial charge in [0.25, 0.3) is 0 Å². The Kier molecular flexibility index (Phi) is 6.33. The molecule has 3 heterocycles. The smallest absolute Gasteiger partial charge is 0.329 e. The molecular weight excluding hydrogens is 465 g/mol. The maximum atomic E-state index is 14.8. The van der Waals surface area contributed by atoms with Gasteiger partial charge >= 0.3 is 12.1 Å². The van der Waals surface area contributed by atoms with Gasteiger partial charge in [-0.05, 0) is 31.5 Å². The highest BCUT2D eigenvalue weighted by molar-refractivity contribution is 6.07. The van der Waals surface area contributed by atoms with E-state index in [1.54, 1.807) is 40.2 Å². The molecule has 0 aliphatic carbocycles. The first-order valence-corrected chi connectivity index (χ1v) is 11.5. The highest BCUT2D eigenvalue weighted by Gasteiger charge is 2.31. The van der Waals surface area contributed by atoms with Gasteiger partial charge in [0.1, 0.15) is 11.6 Å². The van der Waals surface area contributed by atoms with E-state index in [1.807, 2.05) is 20.8 Å². The molecule has 36 heavy (non-hydrogen) atoms. The molecule has 0 bridgehead atoms. The Bertz CT molecular complexity index is 1350. The van der Waals surface area contributed by atoms with Crippen LogP contribution in [0.4, 0.5) is 42.7 Å².